The molecule has 1 aromatic rings. The molecule has 6 rings (SSSR count). The van der Waals surface area contributed by atoms with Crippen molar-refractivity contribution in [2.24, 2.45) is 23.7 Å². The Morgan fingerprint density at radius 1 is 0.895 bits per heavy atom. The van der Waals surface area contributed by atoms with E-state index in [0.29, 0.717) is 0 Å². The van der Waals surface area contributed by atoms with E-state index in [4.69, 9.17) is 10.2 Å². The van der Waals surface area contributed by atoms with Gasteiger partial charge in [0.25, 0.3) is 0 Å². The zero-order valence-corrected chi connectivity index (χ0v) is 11.5. The van der Waals surface area contributed by atoms with E-state index in [2.05, 4.69) is 0 Å². The normalized spacial score (nSPS) is 42.8. The molecule has 2 nitrogen and oxygen atoms in total. The fourth-order valence-corrected chi connectivity index (χ4v) is 6.21. The van der Waals surface area contributed by atoms with Gasteiger partial charge in [-0.2, -0.15) is 0 Å². The summed E-state index contributed by atoms with van der Waals surface area (Å²) in [6.07, 6.45) is 11.0. The van der Waals surface area contributed by atoms with Gasteiger partial charge in [0.05, 0.1) is 0 Å². The maximum Gasteiger partial charge on any atom is 0.194 e. The van der Waals surface area contributed by atoms with Crippen molar-refractivity contribution in [2.75, 3.05) is 5.73 Å². The van der Waals surface area contributed by atoms with Gasteiger partial charge >= 0.3 is 0 Å². The Labute approximate surface area is 114 Å². The van der Waals surface area contributed by atoms with Crippen LogP contribution >= 0.6 is 0 Å². The number of nitrogen functional groups attached to an aromatic ring is 1. The first-order valence-corrected chi connectivity index (χ1v) is 8.19. The summed E-state index contributed by atoms with van der Waals surface area (Å²) in [5.41, 5.74) is 9.26. The summed E-state index contributed by atoms with van der Waals surface area (Å²) >= 11 is 0. The van der Waals surface area contributed by atoms with Crippen molar-refractivity contribution in [3.05, 3.63) is 16.9 Å². The van der Waals surface area contributed by atoms with Crippen LogP contribution in [0.4, 0.5) is 5.88 Å². The summed E-state index contributed by atoms with van der Waals surface area (Å²) in [5.74, 6) is 6.67. The van der Waals surface area contributed by atoms with Crippen molar-refractivity contribution in [3.63, 3.8) is 0 Å². The first-order valence-electron chi connectivity index (χ1n) is 8.19. The van der Waals surface area contributed by atoms with E-state index < -0.39 is 0 Å². The van der Waals surface area contributed by atoms with Gasteiger partial charge in [-0.05, 0) is 80.1 Å². The highest BCUT2D eigenvalue weighted by Gasteiger charge is 2.50. The van der Waals surface area contributed by atoms with E-state index in [1.165, 1.54) is 61.8 Å². The van der Waals surface area contributed by atoms with Gasteiger partial charge in [0.2, 0.25) is 0 Å². The lowest BCUT2D eigenvalue weighted by Gasteiger charge is -2.54. The molecular formula is C17H23NO. The molecule has 0 atom stereocenters. The minimum absolute atomic E-state index is 0.749. The number of hydrogen-bond donors (Lipinski definition) is 1. The van der Waals surface area contributed by atoms with Crippen LogP contribution in [0, 0.1) is 23.7 Å². The molecule has 0 unspecified atom stereocenters. The Bertz CT molecular complexity index is 502. The third-order valence-corrected chi connectivity index (χ3v) is 6.55. The quantitative estimate of drug-likeness (QED) is 0.829. The van der Waals surface area contributed by atoms with Crippen LogP contribution in [-0.4, -0.2) is 0 Å². The molecule has 0 amide bonds. The minimum Gasteiger partial charge on any atom is -0.445 e. The van der Waals surface area contributed by atoms with Crippen LogP contribution in [0.2, 0.25) is 0 Å². The predicted molar refractivity (Wildman–Crippen MR) is 74.9 cm³/mol. The molecule has 2 heteroatoms. The monoisotopic (exact) mass is 257 g/mol. The van der Waals surface area contributed by atoms with Gasteiger partial charge in [-0.1, -0.05) is 0 Å². The van der Waals surface area contributed by atoms with Gasteiger partial charge in [0, 0.05) is 12.0 Å². The SMILES string of the molecule is Nc1oc2c(c1C1C3CC4CC(C3)CC1C4)CCC2. The molecule has 0 saturated heterocycles. The smallest absolute Gasteiger partial charge is 0.194 e. The Hall–Kier alpha value is -0.920. The highest BCUT2D eigenvalue weighted by atomic mass is 16.4. The Kier molecular flexibility index (Phi) is 2.04. The number of fused-ring (bicyclic) bond motifs is 1. The summed E-state index contributed by atoms with van der Waals surface area (Å²) in [4.78, 5) is 0. The second-order valence-electron chi connectivity index (χ2n) is 7.59. The van der Waals surface area contributed by atoms with Crippen LogP contribution in [0.3, 0.4) is 0 Å². The molecule has 19 heavy (non-hydrogen) atoms. The number of nitrogens with two attached hydrogens (primary N) is 1. The summed E-state index contributed by atoms with van der Waals surface area (Å²) in [6, 6.07) is 0. The molecule has 0 aliphatic heterocycles. The van der Waals surface area contributed by atoms with Crippen molar-refractivity contribution in [1.82, 2.24) is 0 Å². The van der Waals surface area contributed by atoms with Gasteiger partial charge in [-0.25, -0.2) is 0 Å². The third-order valence-electron chi connectivity index (χ3n) is 6.55. The lowest BCUT2D eigenvalue weighted by atomic mass is 9.50. The standard InChI is InChI=1S/C17H23NO/c18-17-16(13-2-1-3-14(13)19-17)15-11-5-9-4-10(7-11)8-12(15)6-9/h9-12,15H,1-8,18H2. The van der Waals surface area contributed by atoms with Crippen LogP contribution in [0.25, 0.3) is 0 Å². The molecule has 2 N–H and O–H groups in total. The number of rotatable bonds is 1. The number of hydrogen-bond acceptors (Lipinski definition) is 2. The second kappa shape index (κ2) is 3.59. The molecule has 4 fully saturated rings. The molecule has 4 bridgehead atoms. The van der Waals surface area contributed by atoms with E-state index >= 15 is 0 Å². The summed E-state index contributed by atoms with van der Waals surface area (Å²) in [6.45, 7) is 0. The zero-order valence-electron chi connectivity index (χ0n) is 11.5. The van der Waals surface area contributed by atoms with E-state index in [0.717, 1.165) is 41.9 Å². The largest absolute Gasteiger partial charge is 0.445 e. The van der Waals surface area contributed by atoms with E-state index in [1.54, 1.807) is 0 Å². The van der Waals surface area contributed by atoms with E-state index in [9.17, 15) is 0 Å². The molecule has 0 spiro atoms. The summed E-state index contributed by atoms with van der Waals surface area (Å²) in [5, 5.41) is 0. The van der Waals surface area contributed by atoms with Crippen LogP contribution < -0.4 is 5.73 Å². The van der Waals surface area contributed by atoms with Crippen LogP contribution in [0.1, 0.15) is 61.3 Å². The fourth-order valence-electron chi connectivity index (χ4n) is 6.21. The fraction of sp³-hybridized carbons (Fsp3) is 0.765. The van der Waals surface area contributed by atoms with Crippen LogP contribution in [0.5, 0.6) is 0 Å². The summed E-state index contributed by atoms with van der Waals surface area (Å²) in [7, 11) is 0. The first-order chi connectivity index (χ1) is 9.29. The Morgan fingerprint density at radius 3 is 2.26 bits per heavy atom. The second-order valence-corrected chi connectivity index (χ2v) is 7.59. The minimum atomic E-state index is 0.749. The molecule has 5 aliphatic rings. The third kappa shape index (κ3) is 1.38. The molecule has 0 radical (unpaired) electrons. The maximum atomic E-state index is 6.26. The number of anilines is 1. The van der Waals surface area contributed by atoms with E-state index in [-0.39, 0.29) is 0 Å². The van der Waals surface area contributed by atoms with Crippen molar-refractivity contribution >= 4 is 5.88 Å². The van der Waals surface area contributed by atoms with Gasteiger partial charge in [0.15, 0.2) is 5.88 Å². The average Bonchev–Trinajstić information content (AvgIpc) is 2.90. The van der Waals surface area contributed by atoms with Crippen molar-refractivity contribution < 1.29 is 4.42 Å². The lowest BCUT2D eigenvalue weighted by molar-refractivity contribution is -0.00289. The zero-order chi connectivity index (χ0) is 12.6. The van der Waals surface area contributed by atoms with Crippen molar-refractivity contribution in [2.45, 2.75) is 57.3 Å². The molecular weight excluding hydrogens is 234 g/mol. The van der Waals surface area contributed by atoms with Gasteiger partial charge in [0.1, 0.15) is 5.76 Å². The van der Waals surface area contributed by atoms with Crippen molar-refractivity contribution in [1.29, 1.82) is 0 Å². The predicted octanol–water partition coefficient (Wildman–Crippen LogP) is 3.89. The molecule has 4 saturated carbocycles. The van der Waals surface area contributed by atoms with Gasteiger partial charge in [-0.15, -0.1) is 0 Å². The molecule has 0 aromatic carbocycles. The van der Waals surface area contributed by atoms with Crippen LogP contribution in [-0.2, 0) is 12.8 Å². The van der Waals surface area contributed by atoms with Gasteiger partial charge < -0.3 is 10.2 Å². The molecule has 5 aliphatic carbocycles. The number of furan rings is 1. The average molecular weight is 257 g/mol. The Morgan fingerprint density at radius 2 is 1.58 bits per heavy atom. The van der Waals surface area contributed by atoms with Crippen molar-refractivity contribution in [3.8, 4) is 0 Å². The molecule has 102 valence electrons. The molecule has 1 aromatic heterocycles. The highest BCUT2D eigenvalue weighted by Crippen LogP contribution is 2.61. The van der Waals surface area contributed by atoms with Gasteiger partial charge in [-0.3, -0.25) is 0 Å². The maximum absolute atomic E-state index is 6.26. The highest BCUT2D eigenvalue weighted by molar-refractivity contribution is 5.51. The van der Waals surface area contributed by atoms with Crippen LogP contribution in [0.15, 0.2) is 4.42 Å². The topological polar surface area (TPSA) is 39.2 Å². The Balaban J connectivity index is 1.60. The first kappa shape index (κ1) is 10.8. The summed E-state index contributed by atoms with van der Waals surface area (Å²) < 4.78 is 5.89. The van der Waals surface area contributed by atoms with E-state index in [1.807, 2.05) is 0 Å². The lowest BCUT2D eigenvalue weighted by Crippen LogP contribution is -2.44. The number of aryl methyl sites for hydroxylation is 1. The molecule has 1 heterocycles.